The standard InChI is InChI=1S/C21H24ClNO5S/c22-17-5-3-15(4-6-17)14-23-21(25)18-12-16(19-2-1-11-29-19)13-20(28-18)27-10-9-26-8-7-24/h1-6,11-12,16,20,24H,7-10,13-14H2,(H,23,25)/t16-,20+/m1/s1. The quantitative estimate of drug-likeness (QED) is 0.557. The Bertz CT molecular complexity index is 794. The molecule has 0 saturated heterocycles. The van der Waals surface area contributed by atoms with E-state index in [1.165, 1.54) is 0 Å². The molecular formula is C21H24ClNO5S. The van der Waals surface area contributed by atoms with Crippen LogP contribution < -0.4 is 5.32 Å². The van der Waals surface area contributed by atoms with E-state index in [1.807, 2.05) is 35.7 Å². The largest absolute Gasteiger partial charge is 0.459 e. The molecule has 0 unspecified atom stereocenters. The van der Waals surface area contributed by atoms with E-state index in [0.717, 1.165) is 10.4 Å². The van der Waals surface area contributed by atoms with Crippen LogP contribution in [0, 0.1) is 0 Å². The van der Waals surface area contributed by atoms with Gasteiger partial charge in [-0.3, -0.25) is 4.79 Å². The van der Waals surface area contributed by atoms with E-state index in [1.54, 1.807) is 23.5 Å². The Hall–Kier alpha value is -1.90. The van der Waals surface area contributed by atoms with Crippen LogP contribution in [0.15, 0.2) is 53.6 Å². The summed E-state index contributed by atoms with van der Waals surface area (Å²) in [6.45, 7) is 1.29. The number of carbonyl (C=O) groups is 1. The summed E-state index contributed by atoms with van der Waals surface area (Å²) in [6.07, 6.45) is 1.93. The SMILES string of the molecule is O=C(NCc1ccc(Cl)cc1)C1=C[C@@H](c2cccs2)C[C@@H](OCCOCCO)O1. The highest BCUT2D eigenvalue weighted by atomic mass is 35.5. The lowest BCUT2D eigenvalue weighted by molar-refractivity contribution is -0.151. The number of rotatable bonds is 10. The number of hydrogen-bond acceptors (Lipinski definition) is 6. The summed E-state index contributed by atoms with van der Waals surface area (Å²) in [7, 11) is 0. The van der Waals surface area contributed by atoms with Gasteiger partial charge in [-0.1, -0.05) is 29.8 Å². The zero-order valence-corrected chi connectivity index (χ0v) is 17.5. The van der Waals surface area contributed by atoms with Gasteiger partial charge in [0, 0.05) is 28.8 Å². The smallest absolute Gasteiger partial charge is 0.286 e. The minimum atomic E-state index is -0.541. The molecule has 156 valence electrons. The third-order valence-corrected chi connectivity index (χ3v) is 5.58. The normalized spacial score (nSPS) is 18.8. The highest BCUT2D eigenvalue weighted by Crippen LogP contribution is 2.33. The van der Waals surface area contributed by atoms with Crippen LogP contribution in [0.1, 0.15) is 22.8 Å². The number of nitrogens with one attached hydrogen (secondary N) is 1. The van der Waals surface area contributed by atoms with Gasteiger partial charge in [0.15, 0.2) is 5.76 Å². The van der Waals surface area contributed by atoms with Crippen molar-refractivity contribution in [3.05, 3.63) is 69.1 Å². The molecule has 8 heteroatoms. The molecule has 0 bridgehead atoms. The van der Waals surface area contributed by atoms with E-state index < -0.39 is 6.29 Å². The average Bonchev–Trinajstić information content (AvgIpc) is 3.28. The van der Waals surface area contributed by atoms with Gasteiger partial charge < -0.3 is 24.6 Å². The molecule has 0 spiro atoms. The Balaban J connectivity index is 1.60. The summed E-state index contributed by atoms with van der Waals surface area (Å²) in [5, 5.41) is 14.3. The Morgan fingerprint density at radius 2 is 2.07 bits per heavy atom. The third kappa shape index (κ3) is 6.83. The highest BCUT2D eigenvalue weighted by Gasteiger charge is 2.29. The Kier molecular flexibility index (Phi) is 8.52. The second-order valence-corrected chi connectivity index (χ2v) is 7.87. The van der Waals surface area contributed by atoms with Crippen LogP contribution in [0.2, 0.25) is 5.02 Å². The molecule has 6 nitrogen and oxygen atoms in total. The van der Waals surface area contributed by atoms with Crippen molar-refractivity contribution >= 4 is 28.8 Å². The van der Waals surface area contributed by atoms with Gasteiger partial charge in [0.05, 0.1) is 26.4 Å². The average molecular weight is 438 g/mol. The Morgan fingerprint density at radius 1 is 1.24 bits per heavy atom. The van der Waals surface area contributed by atoms with Crippen LogP contribution in [-0.2, 0) is 25.5 Å². The summed E-state index contributed by atoms with van der Waals surface area (Å²) in [4.78, 5) is 13.8. The second kappa shape index (κ2) is 11.3. The van der Waals surface area contributed by atoms with Gasteiger partial charge in [-0.25, -0.2) is 0 Å². The van der Waals surface area contributed by atoms with Crippen molar-refractivity contribution in [1.29, 1.82) is 0 Å². The van der Waals surface area contributed by atoms with Gasteiger partial charge in [-0.05, 0) is 35.2 Å². The lowest BCUT2D eigenvalue weighted by Crippen LogP contribution is -2.33. The summed E-state index contributed by atoms with van der Waals surface area (Å²) in [5.74, 6) is 0.0135. The van der Waals surface area contributed by atoms with Crippen molar-refractivity contribution < 1.29 is 24.1 Å². The first-order valence-corrected chi connectivity index (χ1v) is 10.7. The summed E-state index contributed by atoms with van der Waals surface area (Å²) < 4.78 is 16.8. The van der Waals surface area contributed by atoms with Crippen LogP contribution in [0.4, 0.5) is 0 Å². The molecule has 0 fully saturated rings. The van der Waals surface area contributed by atoms with Gasteiger partial charge in [0.25, 0.3) is 5.91 Å². The molecule has 3 rings (SSSR count). The van der Waals surface area contributed by atoms with Gasteiger partial charge in [-0.15, -0.1) is 11.3 Å². The molecule has 1 aromatic heterocycles. The third-order valence-electron chi connectivity index (χ3n) is 4.32. The molecule has 2 aromatic rings. The predicted molar refractivity (Wildman–Crippen MR) is 112 cm³/mol. The van der Waals surface area contributed by atoms with Crippen LogP contribution in [0.5, 0.6) is 0 Å². The number of aliphatic hydroxyl groups excluding tert-OH is 1. The first-order chi connectivity index (χ1) is 14.2. The number of ether oxygens (including phenoxy) is 3. The van der Waals surface area contributed by atoms with Crippen molar-refractivity contribution in [3.63, 3.8) is 0 Å². The van der Waals surface area contributed by atoms with Crippen molar-refractivity contribution in [3.8, 4) is 0 Å². The van der Waals surface area contributed by atoms with Crippen molar-refractivity contribution in [2.75, 3.05) is 26.4 Å². The van der Waals surface area contributed by atoms with Gasteiger partial charge >= 0.3 is 0 Å². The van der Waals surface area contributed by atoms with E-state index in [9.17, 15) is 4.79 Å². The predicted octanol–water partition coefficient (Wildman–Crippen LogP) is 3.46. The molecule has 1 aliphatic rings. The minimum Gasteiger partial charge on any atom is -0.459 e. The molecule has 0 saturated carbocycles. The fraction of sp³-hybridized carbons (Fsp3) is 0.381. The van der Waals surface area contributed by atoms with Crippen LogP contribution in [0.3, 0.4) is 0 Å². The summed E-state index contributed by atoms with van der Waals surface area (Å²) in [5.41, 5.74) is 0.947. The van der Waals surface area contributed by atoms with Crippen molar-refractivity contribution in [2.45, 2.75) is 25.2 Å². The first-order valence-electron chi connectivity index (χ1n) is 9.40. The van der Waals surface area contributed by atoms with E-state index in [2.05, 4.69) is 5.32 Å². The highest BCUT2D eigenvalue weighted by molar-refractivity contribution is 7.10. The topological polar surface area (TPSA) is 77.0 Å². The fourth-order valence-corrected chi connectivity index (χ4v) is 3.83. The minimum absolute atomic E-state index is 0.0267. The van der Waals surface area contributed by atoms with E-state index in [4.69, 9.17) is 30.9 Å². The zero-order valence-electron chi connectivity index (χ0n) is 15.9. The van der Waals surface area contributed by atoms with E-state index >= 15 is 0 Å². The monoisotopic (exact) mass is 437 g/mol. The number of thiophene rings is 1. The van der Waals surface area contributed by atoms with E-state index in [0.29, 0.717) is 31.2 Å². The van der Waals surface area contributed by atoms with Crippen LogP contribution in [-0.4, -0.2) is 43.7 Å². The number of benzene rings is 1. The number of halogens is 1. The molecule has 2 N–H and O–H groups in total. The van der Waals surface area contributed by atoms with Crippen LogP contribution in [0.25, 0.3) is 0 Å². The number of carbonyl (C=O) groups excluding carboxylic acids is 1. The second-order valence-electron chi connectivity index (χ2n) is 6.45. The lowest BCUT2D eigenvalue weighted by atomic mass is 9.99. The van der Waals surface area contributed by atoms with Crippen molar-refractivity contribution in [1.82, 2.24) is 5.32 Å². The molecule has 2 heterocycles. The molecule has 1 aliphatic heterocycles. The van der Waals surface area contributed by atoms with Crippen molar-refractivity contribution in [2.24, 2.45) is 0 Å². The van der Waals surface area contributed by atoms with Gasteiger partial charge in [-0.2, -0.15) is 0 Å². The molecule has 2 atom stereocenters. The Labute approximate surface area is 179 Å². The summed E-state index contributed by atoms with van der Waals surface area (Å²) >= 11 is 7.54. The zero-order chi connectivity index (χ0) is 20.5. The molecular weight excluding hydrogens is 414 g/mol. The lowest BCUT2D eigenvalue weighted by Gasteiger charge is -2.28. The molecule has 29 heavy (non-hydrogen) atoms. The number of hydrogen-bond donors (Lipinski definition) is 2. The van der Waals surface area contributed by atoms with Gasteiger partial charge in [0.1, 0.15) is 0 Å². The maximum atomic E-state index is 12.7. The van der Waals surface area contributed by atoms with E-state index in [-0.39, 0.29) is 30.8 Å². The van der Waals surface area contributed by atoms with Crippen LogP contribution >= 0.6 is 22.9 Å². The fourth-order valence-electron chi connectivity index (χ4n) is 2.90. The maximum absolute atomic E-state index is 12.7. The number of aliphatic hydroxyl groups is 1. The molecule has 1 amide bonds. The summed E-state index contributed by atoms with van der Waals surface area (Å²) in [6, 6.07) is 11.3. The first kappa shape index (κ1) is 21.8. The van der Waals surface area contributed by atoms with Gasteiger partial charge in [0.2, 0.25) is 6.29 Å². The number of amides is 1. The molecule has 0 radical (unpaired) electrons. The maximum Gasteiger partial charge on any atom is 0.286 e. The molecule has 1 aromatic carbocycles. The molecule has 0 aliphatic carbocycles. The number of allylic oxidation sites excluding steroid dienone is 1. The Morgan fingerprint density at radius 3 is 2.79 bits per heavy atom.